The minimum absolute atomic E-state index is 0.0661. The van der Waals surface area contributed by atoms with E-state index in [-0.39, 0.29) is 32.3 Å². The molecule has 0 aromatic carbocycles. The summed E-state index contributed by atoms with van der Waals surface area (Å²) in [4.78, 5) is 22.9. The van der Waals surface area contributed by atoms with Crippen molar-refractivity contribution >= 4 is 13.8 Å². The average Bonchev–Trinajstić information content (AvgIpc) is 3.14. The normalized spacial score (nSPS) is 14.8. The van der Waals surface area contributed by atoms with E-state index in [9.17, 15) is 19.4 Å². The Hall–Kier alpha value is -1.58. The van der Waals surface area contributed by atoms with E-state index >= 15 is 0 Å². The number of aliphatic hydroxyl groups is 1. The maximum Gasteiger partial charge on any atom is 0.472 e. The van der Waals surface area contributed by atoms with Crippen LogP contribution in [0.5, 0.6) is 0 Å². The summed E-state index contributed by atoms with van der Waals surface area (Å²) >= 11 is 0. The van der Waals surface area contributed by atoms with Gasteiger partial charge >= 0.3 is 13.8 Å². The zero-order valence-electron chi connectivity index (χ0n) is 36.7. The fourth-order valence-corrected chi connectivity index (χ4v) is 6.65. The number of allylic oxidation sites excluding steroid dienone is 7. The predicted octanol–water partition coefficient (Wildman–Crippen LogP) is 12.1. The third kappa shape index (κ3) is 42.0. The molecule has 0 aliphatic carbocycles. The van der Waals surface area contributed by atoms with Gasteiger partial charge in [0, 0.05) is 13.0 Å². The molecule has 0 aromatic rings. The number of rotatable bonds is 41. The lowest BCUT2D eigenvalue weighted by molar-refractivity contribution is -0.870. The molecule has 3 atom stereocenters. The highest BCUT2D eigenvalue weighted by atomic mass is 31.2. The van der Waals surface area contributed by atoms with Crippen LogP contribution in [-0.2, 0) is 27.9 Å². The first kappa shape index (κ1) is 54.4. The molecule has 0 heterocycles. The van der Waals surface area contributed by atoms with Gasteiger partial charge in [-0.2, -0.15) is 0 Å². The number of quaternary nitrogens is 1. The van der Waals surface area contributed by atoms with E-state index < -0.39 is 19.9 Å². The molecule has 0 radical (unpaired) electrons. The van der Waals surface area contributed by atoms with Crippen LogP contribution in [0, 0.1) is 0 Å². The van der Waals surface area contributed by atoms with Crippen molar-refractivity contribution in [2.45, 2.75) is 187 Å². The van der Waals surface area contributed by atoms with Crippen molar-refractivity contribution in [1.82, 2.24) is 0 Å². The van der Waals surface area contributed by atoms with E-state index in [1.54, 1.807) is 0 Å². The van der Waals surface area contributed by atoms with Crippen LogP contribution < -0.4 is 0 Å². The Bertz CT molecular complexity index is 1050. The first-order valence-electron chi connectivity index (χ1n) is 22.5. The molecule has 0 saturated carbocycles. The number of carbonyl (C=O) groups excluding carboxylic acids is 1. The largest absolute Gasteiger partial charge is 0.472 e. The van der Waals surface area contributed by atoms with Gasteiger partial charge in [0.05, 0.1) is 40.5 Å². The first-order chi connectivity index (χ1) is 27.0. The summed E-state index contributed by atoms with van der Waals surface area (Å²) in [5.41, 5.74) is 0. The summed E-state index contributed by atoms with van der Waals surface area (Å²) in [7, 11) is 1.59. The molecule has 0 fully saturated rings. The molecule has 9 nitrogen and oxygen atoms in total. The second-order valence-corrected chi connectivity index (χ2v) is 17.7. The van der Waals surface area contributed by atoms with Crippen molar-refractivity contribution in [2.24, 2.45) is 0 Å². The van der Waals surface area contributed by atoms with Gasteiger partial charge in [-0.3, -0.25) is 13.8 Å². The minimum Gasteiger partial charge on any atom is -0.457 e. The summed E-state index contributed by atoms with van der Waals surface area (Å²) in [6, 6.07) is 0. The van der Waals surface area contributed by atoms with Crippen LogP contribution in [0.15, 0.2) is 48.6 Å². The molecule has 0 aliphatic rings. The SMILES string of the molecule is CCCCCCCC/C=C\CCCCCCCCOCC(COP(=O)(O)OCC[N+](C)(C)C)OC(=O)CCC/C=C\C/C=C\C=C/C(O)CCCCCCCC. The lowest BCUT2D eigenvalue weighted by atomic mass is 10.1. The van der Waals surface area contributed by atoms with Crippen molar-refractivity contribution < 1.29 is 42.4 Å². The Morgan fingerprint density at radius 1 is 0.643 bits per heavy atom. The number of ether oxygens (including phenoxy) is 2. The molecular formula is C46H87NO8P+. The van der Waals surface area contributed by atoms with Gasteiger partial charge in [-0.1, -0.05) is 159 Å². The molecule has 0 aliphatic heterocycles. The Labute approximate surface area is 344 Å². The maximum atomic E-state index is 12.7. The molecule has 328 valence electrons. The quantitative estimate of drug-likeness (QED) is 0.0157. The summed E-state index contributed by atoms with van der Waals surface area (Å²) < 4.78 is 34.9. The molecule has 2 N–H and O–H groups in total. The van der Waals surface area contributed by atoms with Crippen LogP contribution >= 0.6 is 7.82 Å². The van der Waals surface area contributed by atoms with Crippen LogP contribution in [0.25, 0.3) is 0 Å². The smallest absolute Gasteiger partial charge is 0.457 e. The van der Waals surface area contributed by atoms with Crippen molar-refractivity contribution in [3.8, 4) is 0 Å². The van der Waals surface area contributed by atoms with Crippen LogP contribution in [0.1, 0.15) is 174 Å². The number of phosphoric ester groups is 1. The van der Waals surface area contributed by atoms with Gasteiger partial charge in [0.15, 0.2) is 0 Å². The fourth-order valence-electron chi connectivity index (χ4n) is 5.91. The van der Waals surface area contributed by atoms with Crippen molar-refractivity contribution in [1.29, 1.82) is 0 Å². The van der Waals surface area contributed by atoms with E-state index in [0.29, 0.717) is 24.1 Å². The second kappa shape index (κ2) is 38.9. The molecular weight excluding hydrogens is 725 g/mol. The van der Waals surface area contributed by atoms with Crippen LogP contribution in [0.4, 0.5) is 0 Å². The molecule has 0 saturated heterocycles. The van der Waals surface area contributed by atoms with Gasteiger partial charge in [0.2, 0.25) is 0 Å². The molecule has 0 aromatic heterocycles. The van der Waals surface area contributed by atoms with Crippen molar-refractivity contribution in [3.63, 3.8) is 0 Å². The first-order valence-corrected chi connectivity index (χ1v) is 24.0. The summed E-state index contributed by atoms with van der Waals surface area (Å²) in [6.45, 7) is 5.42. The molecule has 0 rings (SSSR count). The van der Waals surface area contributed by atoms with Gasteiger partial charge in [-0.15, -0.1) is 0 Å². The number of phosphoric acid groups is 1. The molecule has 0 amide bonds. The standard InChI is InChI=1S/C46H86NO8P/c1-6-8-10-12-14-15-16-17-18-19-20-21-24-27-31-35-40-52-42-45(43-54-56(50,51)53-41-39-47(3,4)5)55-46(49)38-34-30-26-23-22-25-29-33-37-44(48)36-32-28-13-11-9-7-2/h17-18,23,25-26,29,33,37,44-45,48H,6-16,19-22,24,27-28,30-32,34-36,38-43H2,1-5H3/p+1/b18-17-,26-23-,29-25-,37-33-. The minimum atomic E-state index is -4.31. The predicted molar refractivity (Wildman–Crippen MR) is 235 cm³/mol. The maximum absolute atomic E-state index is 12.7. The van der Waals surface area contributed by atoms with Crippen molar-refractivity contribution in [2.75, 3.05) is 54.1 Å². The van der Waals surface area contributed by atoms with Gasteiger partial charge in [-0.25, -0.2) is 4.57 Å². The second-order valence-electron chi connectivity index (χ2n) is 16.3. The Morgan fingerprint density at radius 2 is 1.20 bits per heavy atom. The lowest BCUT2D eigenvalue weighted by Crippen LogP contribution is -2.37. The zero-order chi connectivity index (χ0) is 41.4. The van der Waals surface area contributed by atoms with Gasteiger partial charge < -0.3 is 24.0 Å². The molecule has 56 heavy (non-hydrogen) atoms. The Morgan fingerprint density at radius 3 is 1.82 bits per heavy atom. The Balaban J connectivity index is 4.40. The highest BCUT2D eigenvalue weighted by Crippen LogP contribution is 2.43. The summed E-state index contributed by atoms with van der Waals surface area (Å²) in [6.07, 6.45) is 43.2. The van der Waals surface area contributed by atoms with Crippen LogP contribution in [0.2, 0.25) is 0 Å². The third-order valence-corrected chi connectivity index (χ3v) is 10.5. The zero-order valence-corrected chi connectivity index (χ0v) is 37.6. The van der Waals surface area contributed by atoms with E-state index in [2.05, 4.69) is 32.1 Å². The fraction of sp³-hybridized carbons (Fsp3) is 0.804. The number of carbonyl (C=O) groups is 1. The number of esters is 1. The highest BCUT2D eigenvalue weighted by molar-refractivity contribution is 7.47. The summed E-state index contributed by atoms with van der Waals surface area (Å²) in [5.74, 6) is -0.392. The molecule has 10 heteroatoms. The van der Waals surface area contributed by atoms with Gasteiger partial charge in [0.25, 0.3) is 0 Å². The number of likely N-dealkylation sites (N-methyl/N-ethyl adjacent to an activating group) is 1. The van der Waals surface area contributed by atoms with Crippen LogP contribution in [-0.4, -0.2) is 86.8 Å². The molecule has 3 unspecified atom stereocenters. The third-order valence-electron chi connectivity index (χ3n) is 9.47. The number of unbranched alkanes of at least 4 members (excludes halogenated alkanes) is 18. The van der Waals surface area contributed by atoms with Crippen LogP contribution in [0.3, 0.4) is 0 Å². The number of nitrogens with zero attached hydrogens (tertiary/aromatic N) is 1. The monoisotopic (exact) mass is 813 g/mol. The number of hydrogen-bond donors (Lipinski definition) is 2. The van der Waals surface area contributed by atoms with Gasteiger partial charge in [0.1, 0.15) is 19.3 Å². The number of hydrogen-bond acceptors (Lipinski definition) is 7. The van der Waals surface area contributed by atoms with Crippen molar-refractivity contribution in [3.05, 3.63) is 48.6 Å². The Kier molecular flexibility index (Phi) is 37.8. The average molecular weight is 813 g/mol. The lowest BCUT2D eigenvalue weighted by Gasteiger charge is -2.24. The summed E-state index contributed by atoms with van der Waals surface area (Å²) in [5, 5.41) is 10.1. The number of aliphatic hydroxyl groups excluding tert-OH is 1. The van der Waals surface area contributed by atoms with E-state index in [1.807, 2.05) is 51.5 Å². The van der Waals surface area contributed by atoms with E-state index in [0.717, 1.165) is 44.9 Å². The van der Waals surface area contributed by atoms with E-state index in [1.165, 1.54) is 103 Å². The molecule has 0 spiro atoms. The van der Waals surface area contributed by atoms with Gasteiger partial charge in [-0.05, 0) is 57.8 Å². The molecule has 0 bridgehead atoms. The van der Waals surface area contributed by atoms with E-state index in [4.69, 9.17) is 18.5 Å². The highest BCUT2D eigenvalue weighted by Gasteiger charge is 2.26. The topological polar surface area (TPSA) is 112 Å².